The van der Waals surface area contributed by atoms with Crippen LogP contribution < -0.4 is 4.74 Å². The Morgan fingerprint density at radius 1 is 1.35 bits per heavy atom. The average molecular weight is 276 g/mol. The summed E-state index contributed by atoms with van der Waals surface area (Å²) in [5.74, 6) is 0.528. The highest BCUT2D eigenvalue weighted by atomic mass is 16.5. The van der Waals surface area contributed by atoms with E-state index >= 15 is 0 Å². The first-order valence-electron chi connectivity index (χ1n) is 7.12. The molecule has 1 rings (SSSR count). The maximum absolute atomic E-state index is 10.1. The van der Waals surface area contributed by atoms with Crippen molar-refractivity contribution in [2.75, 3.05) is 19.7 Å². The smallest absolute Gasteiger partial charge is 0.137 e. The van der Waals surface area contributed by atoms with Gasteiger partial charge >= 0.3 is 0 Å². The number of benzene rings is 1. The molecule has 4 heteroatoms. The van der Waals surface area contributed by atoms with Crippen LogP contribution in [0.2, 0.25) is 0 Å². The lowest BCUT2D eigenvalue weighted by atomic mass is 10.2. The van der Waals surface area contributed by atoms with Gasteiger partial charge in [0, 0.05) is 12.6 Å². The zero-order valence-corrected chi connectivity index (χ0v) is 12.5. The molecule has 0 spiro atoms. The van der Waals surface area contributed by atoms with Gasteiger partial charge in [-0.2, -0.15) is 5.26 Å². The second kappa shape index (κ2) is 8.57. The number of hydrogen-bond acceptors (Lipinski definition) is 4. The van der Waals surface area contributed by atoms with Crippen molar-refractivity contribution in [3.63, 3.8) is 0 Å². The van der Waals surface area contributed by atoms with E-state index in [1.54, 1.807) is 18.2 Å². The zero-order chi connectivity index (χ0) is 15.0. The van der Waals surface area contributed by atoms with E-state index in [9.17, 15) is 5.11 Å². The van der Waals surface area contributed by atoms with Gasteiger partial charge in [-0.15, -0.1) is 0 Å². The fourth-order valence-electron chi connectivity index (χ4n) is 2.04. The van der Waals surface area contributed by atoms with Crippen LogP contribution in [0.3, 0.4) is 0 Å². The lowest BCUT2D eigenvalue weighted by Gasteiger charge is -2.28. The first-order valence-corrected chi connectivity index (χ1v) is 7.12. The van der Waals surface area contributed by atoms with Gasteiger partial charge in [-0.3, -0.25) is 4.90 Å². The number of aliphatic hydroxyl groups excluding tert-OH is 1. The summed E-state index contributed by atoms with van der Waals surface area (Å²) in [5.41, 5.74) is 0.494. The summed E-state index contributed by atoms with van der Waals surface area (Å²) in [5, 5.41) is 19.0. The minimum atomic E-state index is -0.560. The van der Waals surface area contributed by atoms with Crippen LogP contribution in [0.1, 0.15) is 32.8 Å². The summed E-state index contributed by atoms with van der Waals surface area (Å²) in [6, 6.07) is 9.55. The minimum Gasteiger partial charge on any atom is -0.489 e. The molecule has 1 N–H and O–H groups in total. The van der Waals surface area contributed by atoms with Crippen molar-refractivity contribution in [1.82, 2.24) is 4.90 Å². The van der Waals surface area contributed by atoms with Crippen LogP contribution >= 0.6 is 0 Å². The molecule has 0 bridgehead atoms. The van der Waals surface area contributed by atoms with Crippen LogP contribution in [0.4, 0.5) is 0 Å². The quantitative estimate of drug-likeness (QED) is 0.792. The Morgan fingerprint density at radius 2 is 2.05 bits per heavy atom. The van der Waals surface area contributed by atoms with E-state index in [0.29, 0.717) is 23.9 Å². The summed E-state index contributed by atoms with van der Waals surface area (Å²) in [6.45, 7) is 8.11. The normalized spacial score (nSPS) is 12.4. The molecule has 1 unspecified atom stereocenters. The number of aliphatic hydroxyl groups is 1. The Hall–Kier alpha value is -1.57. The van der Waals surface area contributed by atoms with Crippen molar-refractivity contribution in [2.45, 2.75) is 39.3 Å². The van der Waals surface area contributed by atoms with Crippen LogP contribution in [-0.2, 0) is 0 Å². The van der Waals surface area contributed by atoms with E-state index in [1.165, 1.54) is 0 Å². The molecule has 0 radical (unpaired) electrons. The number of nitriles is 1. The van der Waals surface area contributed by atoms with Crippen LogP contribution in [0.5, 0.6) is 5.75 Å². The molecule has 1 aromatic rings. The molecule has 0 amide bonds. The summed E-state index contributed by atoms with van der Waals surface area (Å²) in [7, 11) is 0. The molecule has 0 aliphatic heterocycles. The lowest BCUT2D eigenvalue weighted by molar-refractivity contribution is 0.0575. The molecule has 20 heavy (non-hydrogen) atoms. The summed E-state index contributed by atoms with van der Waals surface area (Å²) >= 11 is 0. The molecule has 0 saturated carbocycles. The van der Waals surface area contributed by atoms with Gasteiger partial charge < -0.3 is 9.84 Å². The predicted molar refractivity (Wildman–Crippen MR) is 79.7 cm³/mol. The molecular formula is C16H24N2O2. The zero-order valence-electron chi connectivity index (χ0n) is 12.5. The topological polar surface area (TPSA) is 56.5 Å². The molecular weight excluding hydrogens is 252 g/mol. The summed E-state index contributed by atoms with van der Waals surface area (Å²) in [4.78, 5) is 2.23. The minimum absolute atomic E-state index is 0.200. The first-order chi connectivity index (χ1) is 9.58. The third-order valence-corrected chi connectivity index (χ3v) is 3.13. The molecule has 4 nitrogen and oxygen atoms in total. The van der Waals surface area contributed by atoms with E-state index in [0.717, 1.165) is 13.0 Å². The van der Waals surface area contributed by atoms with E-state index in [1.807, 2.05) is 6.07 Å². The van der Waals surface area contributed by atoms with Gasteiger partial charge in [0.2, 0.25) is 0 Å². The van der Waals surface area contributed by atoms with Crippen LogP contribution in [0, 0.1) is 11.3 Å². The number of rotatable bonds is 8. The maximum atomic E-state index is 10.1. The number of ether oxygens (including phenoxy) is 1. The first kappa shape index (κ1) is 16.5. The van der Waals surface area contributed by atoms with Crippen molar-refractivity contribution in [3.05, 3.63) is 29.8 Å². The summed E-state index contributed by atoms with van der Waals surface area (Å²) < 4.78 is 5.55. The molecule has 1 aromatic carbocycles. The Morgan fingerprint density at radius 3 is 2.65 bits per heavy atom. The number of nitrogens with zero attached hydrogens (tertiary/aromatic N) is 2. The number of para-hydroxylation sites is 1. The van der Waals surface area contributed by atoms with E-state index in [2.05, 4.69) is 31.7 Å². The molecule has 0 heterocycles. The Bertz CT molecular complexity index is 440. The molecule has 0 saturated heterocycles. The van der Waals surface area contributed by atoms with E-state index in [4.69, 9.17) is 10.00 Å². The van der Waals surface area contributed by atoms with E-state index in [-0.39, 0.29) is 6.61 Å². The highest BCUT2D eigenvalue weighted by molar-refractivity contribution is 5.42. The molecule has 0 fully saturated rings. The van der Waals surface area contributed by atoms with Gasteiger partial charge in [0.25, 0.3) is 0 Å². The molecule has 110 valence electrons. The van der Waals surface area contributed by atoms with Gasteiger partial charge in [-0.05, 0) is 38.9 Å². The van der Waals surface area contributed by atoms with Gasteiger partial charge in [-0.1, -0.05) is 19.1 Å². The van der Waals surface area contributed by atoms with Crippen molar-refractivity contribution >= 4 is 0 Å². The lowest BCUT2D eigenvalue weighted by Crippen LogP contribution is -2.40. The number of hydrogen-bond donors (Lipinski definition) is 1. The van der Waals surface area contributed by atoms with Crippen LogP contribution in [0.15, 0.2) is 24.3 Å². The Labute approximate surface area is 121 Å². The van der Waals surface area contributed by atoms with Crippen LogP contribution in [-0.4, -0.2) is 41.8 Å². The van der Waals surface area contributed by atoms with Crippen molar-refractivity contribution < 1.29 is 9.84 Å². The van der Waals surface area contributed by atoms with Gasteiger partial charge in [0.1, 0.15) is 24.5 Å². The third kappa shape index (κ3) is 5.20. The molecule has 0 aliphatic rings. The predicted octanol–water partition coefficient (Wildman–Crippen LogP) is 2.42. The van der Waals surface area contributed by atoms with Crippen molar-refractivity contribution in [1.29, 1.82) is 5.26 Å². The highest BCUT2D eigenvalue weighted by Gasteiger charge is 2.15. The Kier molecular flexibility index (Phi) is 7.06. The van der Waals surface area contributed by atoms with Crippen molar-refractivity contribution in [3.8, 4) is 11.8 Å². The fraction of sp³-hybridized carbons (Fsp3) is 0.562. The van der Waals surface area contributed by atoms with Crippen LogP contribution in [0.25, 0.3) is 0 Å². The van der Waals surface area contributed by atoms with Crippen molar-refractivity contribution in [2.24, 2.45) is 0 Å². The third-order valence-electron chi connectivity index (χ3n) is 3.13. The summed E-state index contributed by atoms with van der Waals surface area (Å²) in [6.07, 6.45) is 0.499. The second-order valence-corrected chi connectivity index (χ2v) is 5.16. The fourth-order valence-corrected chi connectivity index (χ4v) is 2.04. The molecule has 0 aliphatic carbocycles. The molecule has 1 atom stereocenters. The SMILES string of the molecule is CCCN(CC(O)COc1ccccc1C#N)C(C)C. The highest BCUT2D eigenvalue weighted by Crippen LogP contribution is 2.16. The van der Waals surface area contributed by atoms with E-state index < -0.39 is 6.10 Å². The standard InChI is InChI=1S/C16H24N2O2/c1-4-9-18(13(2)3)11-15(19)12-20-16-8-6-5-7-14(16)10-17/h5-8,13,15,19H,4,9,11-12H2,1-3H3. The average Bonchev–Trinajstić information content (AvgIpc) is 2.44. The monoisotopic (exact) mass is 276 g/mol. The second-order valence-electron chi connectivity index (χ2n) is 5.16. The van der Waals surface area contributed by atoms with Gasteiger partial charge in [0.05, 0.1) is 5.56 Å². The molecule has 0 aromatic heterocycles. The van der Waals surface area contributed by atoms with Gasteiger partial charge in [0.15, 0.2) is 0 Å². The largest absolute Gasteiger partial charge is 0.489 e. The van der Waals surface area contributed by atoms with Gasteiger partial charge in [-0.25, -0.2) is 0 Å². The maximum Gasteiger partial charge on any atom is 0.137 e. The Balaban J connectivity index is 2.50.